The molecule has 0 saturated carbocycles. The fourth-order valence-corrected chi connectivity index (χ4v) is 2.62. The Morgan fingerprint density at radius 1 is 1.34 bits per heavy atom. The lowest BCUT2D eigenvalue weighted by Gasteiger charge is -2.09. The summed E-state index contributed by atoms with van der Waals surface area (Å²) >= 11 is 1.15. The van der Waals surface area contributed by atoms with Gasteiger partial charge in [-0.15, -0.1) is 5.10 Å². The number of hydrogen-bond acceptors (Lipinski definition) is 8. The van der Waals surface area contributed by atoms with E-state index in [1.807, 2.05) is 20.8 Å². The van der Waals surface area contributed by atoms with Gasteiger partial charge in [-0.25, -0.2) is 20.3 Å². The number of hydrogen-bond donors (Lipinski definition) is 3. The number of thiazole rings is 1. The molecule has 0 bridgehead atoms. The average Bonchev–Trinajstić information content (AvgIpc) is 3.14. The van der Waals surface area contributed by atoms with Gasteiger partial charge in [0.2, 0.25) is 0 Å². The molecule has 0 aliphatic carbocycles. The molecule has 11 heteroatoms. The minimum atomic E-state index is -1.13. The summed E-state index contributed by atoms with van der Waals surface area (Å²) in [5.41, 5.74) is 6.61. The van der Waals surface area contributed by atoms with Gasteiger partial charge in [0.15, 0.2) is 12.4 Å². The van der Waals surface area contributed by atoms with Crippen molar-refractivity contribution >= 4 is 23.1 Å². The number of aryl methyl sites for hydroxylation is 1. The smallest absolute Gasteiger partial charge is 0.326 e. The average molecular weight is 428 g/mol. The van der Waals surface area contributed by atoms with Gasteiger partial charge in [0, 0.05) is 12.5 Å². The van der Waals surface area contributed by atoms with Gasteiger partial charge in [0.05, 0.1) is 24.3 Å². The van der Waals surface area contributed by atoms with Crippen molar-refractivity contribution in [3.8, 4) is 10.9 Å². The Morgan fingerprint density at radius 2 is 2.03 bits per heavy atom. The fourth-order valence-electron chi connectivity index (χ4n) is 1.93. The van der Waals surface area contributed by atoms with Gasteiger partial charge in [-0.2, -0.15) is 0 Å². The maximum atomic E-state index is 13.2. The minimum Gasteiger partial charge on any atom is -0.493 e. The van der Waals surface area contributed by atoms with E-state index in [1.165, 1.54) is 18.3 Å². The summed E-state index contributed by atoms with van der Waals surface area (Å²) in [4.78, 5) is 15.1. The number of hydrazine groups is 1. The number of aliphatic carboxylic acids is 1. The third kappa shape index (κ3) is 8.75. The maximum absolute atomic E-state index is 13.2. The van der Waals surface area contributed by atoms with E-state index in [1.54, 1.807) is 6.07 Å². The normalized spacial score (nSPS) is 10.7. The van der Waals surface area contributed by atoms with Crippen molar-refractivity contribution in [3.05, 3.63) is 40.7 Å². The second-order valence-electron chi connectivity index (χ2n) is 5.43. The molecule has 0 amide bonds. The van der Waals surface area contributed by atoms with Crippen molar-refractivity contribution in [3.63, 3.8) is 0 Å². The molecule has 0 fully saturated rings. The number of carbonyl (C=O) groups is 1. The van der Waals surface area contributed by atoms with Crippen molar-refractivity contribution in [2.24, 2.45) is 16.7 Å². The van der Waals surface area contributed by atoms with Crippen molar-refractivity contribution < 1.29 is 23.8 Å². The van der Waals surface area contributed by atoms with Gasteiger partial charge in [-0.3, -0.25) is 4.79 Å². The second kappa shape index (κ2) is 12.5. The van der Waals surface area contributed by atoms with Crippen LogP contribution in [0.5, 0.6) is 10.9 Å². The summed E-state index contributed by atoms with van der Waals surface area (Å²) in [6.07, 6.45) is 2.03. The largest absolute Gasteiger partial charge is 0.493 e. The zero-order valence-electron chi connectivity index (χ0n) is 16.6. The molecular weight excluding hydrogens is 401 g/mol. The number of carboxylic acids is 1. The third-order valence-corrected chi connectivity index (χ3v) is 4.12. The lowest BCUT2D eigenvalue weighted by atomic mass is 10.2. The van der Waals surface area contributed by atoms with Gasteiger partial charge >= 0.3 is 5.97 Å². The van der Waals surface area contributed by atoms with Gasteiger partial charge in [-0.1, -0.05) is 31.3 Å². The molecule has 0 aliphatic heterocycles. The van der Waals surface area contributed by atoms with E-state index in [-0.39, 0.29) is 11.7 Å². The predicted octanol–water partition coefficient (Wildman–Crippen LogP) is 2.35. The molecule has 160 valence electrons. The lowest BCUT2D eigenvalue weighted by molar-refractivity contribution is -0.138. The molecule has 0 aliphatic rings. The van der Waals surface area contributed by atoms with E-state index in [4.69, 9.17) is 26.2 Å². The molecular formula is C18H26FN5O4S. The number of hydrazone groups is 1. The number of nitrogens with zero attached hydrogens (tertiary/aromatic N) is 3. The molecule has 1 aromatic carbocycles. The molecule has 5 N–H and O–H groups in total. The minimum absolute atomic E-state index is 0.0380. The van der Waals surface area contributed by atoms with Crippen LogP contribution in [0.1, 0.15) is 30.7 Å². The number of amidine groups is 1. The summed E-state index contributed by atoms with van der Waals surface area (Å²) < 4.78 is 24.2. The van der Waals surface area contributed by atoms with Crippen molar-refractivity contribution in [2.75, 3.05) is 19.8 Å². The van der Waals surface area contributed by atoms with Gasteiger partial charge in [-0.05, 0) is 18.6 Å². The first-order chi connectivity index (χ1) is 13.8. The van der Waals surface area contributed by atoms with Crippen LogP contribution < -0.4 is 21.1 Å². The Morgan fingerprint density at radius 3 is 2.72 bits per heavy atom. The van der Waals surface area contributed by atoms with Gasteiger partial charge in [0.1, 0.15) is 11.6 Å². The molecule has 0 saturated heterocycles. The lowest BCUT2D eigenvalue weighted by Crippen LogP contribution is -2.33. The molecule has 2 aromatic rings. The molecule has 9 nitrogen and oxygen atoms in total. The highest BCUT2D eigenvalue weighted by molar-refractivity contribution is 7.15. The molecule has 1 heterocycles. The topological polar surface area (TPSA) is 136 Å². The van der Waals surface area contributed by atoms with E-state index in [9.17, 15) is 9.18 Å². The first-order valence-electron chi connectivity index (χ1n) is 8.91. The summed E-state index contributed by atoms with van der Waals surface area (Å²) in [5.74, 6) is 4.47. The monoisotopic (exact) mass is 427 g/mol. The van der Waals surface area contributed by atoms with Crippen LogP contribution in [0, 0.1) is 12.7 Å². The van der Waals surface area contributed by atoms with E-state index in [0.29, 0.717) is 35.5 Å². The van der Waals surface area contributed by atoms with Crippen molar-refractivity contribution in [2.45, 2.75) is 27.2 Å². The van der Waals surface area contributed by atoms with Crippen molar-refractivity contribution in [1.29, 1.82) is 0 Å². The van der Waals surface area contributed by atoms with Gasteiger partial charge < -0.3 is 20.3 Å². The molecule has 0 atom stereocenters. The molecule has 0 spiro atoms. The second-order valence-corrected chi connectivity index (χ2v) is 6.42. The highest BCUT2D eigenvalue weighted by Gasteiger charge is 2.09. The van der Waals surface area contributed by atoms with E-state index in [0.717, 1.165) is 22.0 Å². The van der Waals surface area contributed by atoms with Crippen LogP contribution in [-0.4, -0.2) is 46.8 Å². The Balaban J connectivity index is 0.00000204. The molecule has 2 rings (SSSR count). The van der Waals surface area contributed by atoms with Crippen LogP contribution in [-0.2, 0) is 4.79 Å². The first kappa shape index (κ1) is 24.1. The zero-order valence-corrected chi connectivity index (χ0v) is 17.4. The third-order valence-electron chi connectivity index (χ3n) is 3.19. The molecule has 0 radical (unpaired) electrons. The number of aromatic nitrogens is 1. The summed E-state index contributed by atoms with van der Waals surface area (Å²) in [7, 11) is 0. The van der Waals surface area contributed by atoms with Gasteiger partial charge in [0.25, 0.3) is 5.19 Å². The Hall–Kier alpha value is -2.92. The number of ether oxygens (including phenoxy) is 2. The quantitative estimate of drug-likeness (QED) is 0.173. The molecule has 1 aromatic heterocycles. The highest BCUT2D eigenvalue weighted by atomic mass is 32.1. The Kier molecular flexibility index (Phi) is 10.4. The number of rotatable bonds is 10. The number of benzene rings is 1. The standard InChI is InChI=1S/C16H20FN5O4S.C2H6/c1-10-3-4-11(17)7-12(10)25-5-2-6-26-16-20-8-13(27-16)15(18)21-22(19)9-14(23)24;1-2/h3-4,7-8H,2,5-6,9,19H2,1H3,(H2,18,21)(H,23,24);1-2H3. The van der Waals surface area contributed by atoms with E-state index in [2.05, 4.69) is 10.1 Å². The van der Waals surface area contributed by atoms with E-state index >= 15 is 0 Å². The van der Waals surface area contributed by atoms with Crippen LogP contribution in [0.2, 0.25) is 0 Å². The van der Waals surface area contributed by atoms with Crippen LogP contribution in [0.4, 0.5) is 4.39 Å². The van der Waals surface area contributed by atoms with E-state index < -0.39 is 12.5 Å². The predicted molar refractivity (Wildman–Crippen MR) is 109 cm³/mol. The highest BCUT2D eigenvalue weighted by Crippen LogP contribution is 2.21. The first-order valence-corrected chi connectivity index (χ1v) is 9.73. The number of carboxylic acid groups (broad SMARTS) is 1. The Labute approximate surface area is 172 Å². The number of halogens is 1. The van der Waals surface area contributed by atoms with Crippen LogP contribution in [0.3, 0.4) is 0 Å². The Bertz CT molecular complexity index is 815. The molecule has 29 heavy (non-hydrogen) atoms. The van der Waals surface area contributed by atoms with Crippen molar-refractivity contribution in [1.82, 2.24) is 10.1 Å². The number of nitrogens with two attached hydrogens (primary N) is 2. The summed E-state index contributed by atoms with van der Waals surface area (Å²) in [6.45, 7) is 6.07. The van der Waals surface area contributed by atoms with Crippen LogP contribution >= 0.6 is 11.3 Å². The summed E-state index contributed by atoms with van der Waals surface area (Å²) in [6, 6.07) is 4.38. The summed E-state index contributed by atoms with van der Waals surface area (Å²) in [5, 5.41) is 13.5. The SMILES string of the molecule is CC.Cc1ccc(F)cc1OCCCOc1ncc(/C(N)=N/N(N)CC(=O)O)s1. The van der Waals surface area contributed by atoms with Crippen LogP contribution in [0.15, 0.2) is 29.5 Å². The fraction of sp³-hybridized carbons (Fsp3) is 0.389. The van der Waals surface area contributed by atoms with Crippen LogP contribution in [0.25, 0.3) is 0 Å². The molecule has 0 unspecified atom stereocenters. The maximum Gasteiger partial charge on any atom is 0.326 e. The zero-order chi connectivity index (χ0) is 21.8.